The second-order valence-corrected chi connectivity index (χ2v) is 5.64. The highest BCUT2D eigenvalue weighted by atomic mass is 16.5. The van der Waals surface area contributed by atoms with Crippen LogP contribution < -0.4 is 5.32 Å². The van der Waals surface area contributed by atoms with E-state index in [1.54, 1.807) is 0 Å². The summed E-state index contributed by atoms with van der Waals surface area (Å²) in [5.74, 6) is -0.263. The molecule has 0 unspecified atom stereocenters. The van der Waals surface area contributed by atoms with Gasteiger partial charge in [0.2, 0.25) is 0 Å². The quantitative estimate of drug-likeness (QED) is 0.882. The molecule has 1 aliphatic heterocycles. The number of benzene rings is 2. The predicted molar refractivity (Wildman–Crippen MR) is 85.7 cm³/mol. The summed E-state index contributed by atoms with van der Waals surface area (Å²) in [7, 11) is 1.43. The van der Waals surface area contributed by atoms with E-state index in [1.165, 1.54) is 7.11 Å². The molecule has 22 heavy (non-hydrogen) atoms. The van der Waals surface area contributed by atoms with Gasteiger partial charge in [-0.3, -0.25) is 5.32 Å². The van der Waals surface area contributed by atoms with E-state index < -0.39 is 6.04 Å². The zero-order chi connectivity index (χ0) is 15.4. The highest BCUT2D eigenvalue weighted by Crippen LogP contribution is 2.23. The molecule has 3 rings (SSSR count). The summed E-state index contributed by atoms with van der Waals surface area (Å²) in [6.07, 6.45) is 2.03. The summed E-state index contributed by atoms with van der Waals surface area (Å²) in [5, 5.41) is 5.67. The fourth-order valence-electron chi connectivity index (χ4n) is 2.91. The van der Waals surface area contributed by atoms with Crippen LogP contribution in [0.1, 0.15) is 24.4 Å². The van der Waals surface area contributed by atoms with Crippen molar-refractivity contribution < 1.29 is 14.3 Å². The van der Waals surface area contributed by atoms with E-state index in [1.807, 2.05) is 30.3 Å². The molecule has 2 aromatic rings. The van der Waals surface area contributed by atoms with E-state index in [-0.39, 0.29) is 12.0 Å². The summed E-state index contributed by atoms with van der Waals surface area (Å²) >= 11 is 0. The van der Waals surface area contributed by atoms with Gasteiger partial charge in [-0.1, -0.05) is 36.4 Å². The van der Waals surface area contributed by atoms with Gasteiger partial charge in [-0.15, -0.1) is 0 Å². The van der Waals surface area contributed by atoms with Crippen LogP contribution >= 0.6 is 0 Å². The molecule has 2 atom stereocenters. The van der Waals surface area contributed by atoms with Crippen molar-refractivity contribution in [3.63, 3.8) is 0 Å². The van der Waals surface area contributed by atoms with Crippen LogP contribution in [0.25, 0.3) is 10.8 Å². The van der Waals surface area contributed by atoms with Gasteiger partial charge in [0.25, 0.3) is 0 Å². The van der Waals surface area contributed by atoms with Crippen LogP contribution in [0.2, 0.25) is 0 Å². The molecular weight excluding hydrogens is 278 g/mol. The van der Waals surface area contributed by atoms with Crippen LogP contribution in [-0.2, 0) is 14.3 Å². The molecule has 0 spiro atoms. The zero-order valence-electron chi connectivity index (χ0n) is 12.7. The van der Waals surface area contributed by atoms with Gasteiger partial charge in [0.1, 0.15) is 6.04 Å². The van der Waals surface area contributed by atoms with Crippen molar-refractivity contribution in [2.24, 2.45) is 0 Å². The molecule has 0 amide bonds. The molecule has 0 aromatic heterocycles. The molecule has 116 valence electrons. The summed E-state index contributed by atoms with van der Waals surface area (Å²) < 4.78 is 10.5. The molecule has 0 radical (unpaired) electrons. The molecule has 1 saturated heterocycles. The second-order valence-electron chi connectivity index (χ2n) is 5.64. The van der Waals surface area contributed by atoms with Crippen LogP contribution in [0, 0.1) is 0 Å². The Labute approximate surface area is 130 Å². The van der Waals surface area contributed by atoms with Crippen molar-refractivity contribution in [3.05, 3.63) is 48.0 Å². The van der Waals surface area contributed by atoms with Gasteiger partial charge >= 0.3 is 5.97 Å². The maximum atomic E-state index is 12.2. The van der Waals surface area contributed by atoms with Crippen molar-refractivity contribution in [2.75, 3.05) is 20.3 Å². The van der Waals surface area contributed by atoms with E-state index in [4.69, 9.17) is 9.47 Å². The second kappa shape index (κ2) is 6.90. The molecule has 1 aliphatic rings. The SMILES string of the molecule is COC(=O)[C@@H](N[C@H]1CCCOC1)c1ccc2ccccc2c1. The molecule has 1 N–H and O–H groups in total. The van der Waals surface area contributed by atoms with E-state index in [9.17, 15) is 4.79 Å². The summed E-state index contributed by atoms with van der Waals surface area (Å²) in [6, 6.07) is 13.9. The van der Waals surface area contributed by atoms with E-state index >= 15 is 0 Å². The molecule has 4 nitrogen and oxygen atoms in total. The number of esters is 1. The minimum Gasteiger partial charge on any atom is -0.468 e. The van der Waals surface area contributed by atoms with Gasteiger partial charge in [0, 0.05) is 12.6 Å². The third-order valence-electron chi connectivity index (χ3n) is 4.11. The fraction of sp³-hybridized carbons (Fsp3) is 0.389. The average Bonchev–Trinajstić information content (AvgIpc) is 2.59. The maximum Gasteiger partial charge on any atom is 0.327 e. The van der Waals surface area contributed by atoms with Gasteiger partial charge < -0.3 is 9.47 Å². The monoisotopic (exact) mass is 299 g/mol. The minimum atomic E-state index is -0.457. The largest absolute Gasteiger partial charge is 0.468 e. The Hall–Kier alpha value is -1.91. The van der Waals surface area contributed by atoms with Gasteiger partial charge in [0.15, 0.2) is 0 Å². The normalized spacial score (nSPS) is 19.8. The van der Waals surface area contributed by atoms with E-state index in [2.05, 4.69) is 17.4 Å². The highest BCUT2D eigenvalue weighted by molar-refractivity contribution is 5.85. The summed E-state index contributed by atoms with van der Waals surface area (Å²) in [5.41, 5.74) is 0.927. The molecule has 2 aromatic carbocycles. The average molecular weight is 299 g/mol. The lowest BCUT2D eigenvalue weighted by molar-refractivity contribution is -0.143. The number of carbonyl (C=O) groups excluding carboxylic acids is 1. The first-order valence-electron chi connectivity index (χ1n) is 7.68. The topological polar surface area (TPSA) is 47.6 Å². The molecule has 0 bridgehead atoms. The Balaban J connectivity index is 1.87. The third kappa shape index (κ3) is 3.29. The smallest absolute Gasteiger partial charge is 0.327 e. The molecule has 0 aliphatic carbocycles. The van der Waals surface area contributed by atoms with Crippen LogP contribution in [0.3, 0.4) is 0 Å². The standard InChI is InChI=1S/C18H21NO3/c1-21-18(20)17(19-16-7-4-10-22-12-16)15-9-8-13-5-2-3-6-14(13)11-15/h2-3,5-6,8-9,11,16-17,19H,4,7,10,12H2,1H3/t16-,17-/m0/s1. The Bertz CT molecular complexity index is 650. The predicted octanol–water partition coefficient (Wildman–Crippen LogP) is 2.82. The van der Waals surface area contributed by atoms with Crippen molar-refractivity contribution in [1.82, 2.24) is 5.32 Å². The van der Waals surface area contributed by atoms with Crippen LogP contribution in [0.15, 0.2) is 42.5 Å². The number of ether oxygens (including phenoxy) is 2. The lowest BCUT2D eigenvalue weighted by atomic mass is 10.00. The Kier molecular flexibility index (Phi) is 4.71. The maximum absolute atomic E-state index is 12.2. The van der Waals surface area contributed by atoms with Crippen molar-refractivity contribution in [2.45, 2.75) is 24.9 Å². The number of fused-ring (bicyclic) bond motifs is 1. The number of carbonyl (C=O) groups is 1. The lowest BCUT2D eigenvalue weighted by Gasteiger charge is -2.27. The van der Waals surface area contributed by atoms with Crippen LogP contribution in [0.5, 0.6) is 0 Å². The Morgan fingerprint density at radius 3 is 2.82 bits per heavy atom. The number of hydrogen-bond donors (Lipinski definition) is 1. The molecule has 4 heteroatoms. The van der Waals surface area contributed by atoms with Crippen molar-refractivity contribution >= 4 is 16.7 Å². The number of rotatable bonds is 4. The summed E-state index contributed by atoms with van der Waals surface area (Å²) in [6.45, 7) is 1.44. The molecular formula is C18H21NO3. The fourth-order valence-corrected chi connectivity index (χ4v) is 2.91. The molecule has 0 saturated carbocycles. The first kappa shape index (κ1) is 15.0. The van der Waals surface area contributed by atoms with Gasteiger partial charge in [-0.2, -0.15) is 0 Å². The number of methoxy groups -OCH3 is 1. The first-order chi connectivity index (χ1) is 10.8. The van der Waals surface area contributed by atoms with Gasteiger partial charge in [-0.05, 0) is 35.2 Å². The lowest BCUT2D eigenvalue weighted by Crippen LogP contribution is -2.42. The highest BCUT2D eigenvalue weighted by Gasteiger charge is 2.26. The van der Waals surface area contributed by atoms with Gasteiger partial charge in [-0.25, -0.2) is 4.79 Å². The molecule has 1 fully saturated rings. The number of nitrogens with one attached hydrogen (secondary N) is 1. The van der Waals surface area contributed by atoms with E-state index in [0.29, 0.717) is 6.61 Å². The molecule has 1 heterocycles. The first-order valence-corrected chi connectivity index (χ1v) is 7.68. The number of hydrogen-bond acceptors (Lipinski definition) is 4. The van der Waals surface area contributed by atoms with Crippen molar-refractivity contribution in [3.8, 4) is 0 Å². The van der Waals surface area contributed by atoms with Crippen LogP contribution in [-0.4, -0.2) is 32.3 Å². The minimum absolute atomic E-state index is 0.185. The Morgan fingerprint density at radius 1 is 1.27 bits per heavy atom. The van der Waals surface area contributed by atoms with Gasteiger partial charge in [0.05, 0.1) is 13.7 Å². The zero-order valence-corrected chi connectivity index (χ0v) is 12.7. The third-order valence-corrected chi connectivity index (χ3v) is 4.11. The summed E-state index contributed by atoms with van der Waals surface area (Å²) in [4.78, 5) is 12.2. The van der Waals surface area contributed by atoms with E-state index in [0.717, 1.165) is 35.8 Å². The van der Waals surface area contributed by atoms with Crippen LogP contribution in [0.4, 0.5) is 0 Å². The van der Waals surface area contributed by atoms with Crippen molar-refractivity contribution in [1.29, 1.82) is 0 Å². The Morgan fingerprint density at radius 2 is 2.09 bits per heavy atom.